The van der Waals surface area contributed by atoms with Gasteiger partial charge in [-0.1, -0.05) is 6.07 Å². The standard InChI is InChI=1S/C6H5NO.2ClH/c8-5-6-3-1-2-4-7-6;;/h1-5H;2*1H/p-2. The molecule has 1 heterocycles. The third kappa shape index (κ3) is 3.43. The first-order valence-corrected chi connectivity index (χ1v) is 2.29. The van der Waals surface area contributed by atoms with Gasteiger partial charge in [0.25, 0.3) is 0 Å². The maximum Gasteiger partial charge on any atom is 0.168 e. The maximum atomic E-state index is 9.94. The molecule has 1 rings (SSSR count). The van der Waals surface area contributed by atoms with E-state index in [4.69, 9.17) is 0 Å². The predicted octanol–water partition coefficient (Wildman–Crippen LogP) is -5.10. The summed E-state index contributed by atoms with van der Waals surface area (Å²) in [5.41, 5.74) is 0.479. The van der Waals surface area contributed by atoms with Crippen molar-refractivity contribution >= 4 is 6.29 Å². The number of halogens is 2. The molecule has 0 N–H and O–H groups in total. The highest BCUT2D eigenvalue weighted by Gasteiger charge is 1.81. The molecule has 0 amide bonds. The van der Waals surface area contributed by atoms with Gasteiger partial charge in [-0.05, 0) is 12.1 Å². The summed E-state index contributed by atoms with van der Waals surface area (Å²) < 4.78 is 0. The summed E-state index contributed by atoms with van der Waals surface area (Å²) >= 11 is 0. The van der Waals surface area contributed by atoms with Crippen LogP contribution in [0.4, 0.5) is 0 Å². The van der Waals surface area contributed by atoms with Gasteiger partial charge in [-0.15, -0.1) is 0 Å². The summed E-state index contributed by atoms with van der Waals surface area (Å²) in [4.78, 5) is 13.7. The molecule has 0 fully saturated rings. The van der Waals surface area contributed by atoms with Gasteiger partial charge in [-0.2, -0.15) is 0 Å². The molecule has 0 spiro atoms. The zero-order chi connectivity index (χ0) is 5.82. The van der Waals surface area contributed by atoms with Crippen LogP contribution in [0, 0.1) is 0 Å². The molecule has 0 aromatic carbocycles. The summed E-state index contributed by atoms with van der Waals surface area (Å²) in [5.74, 6) is 0. The second-order valence-corrected chi connectivity index (χ2v) is 1.37. The number of pyridine rings is 1. The molecule has 4 heteroatoms. The fourth-order valence-corrected chi connectivity index (χ4v) is 0.446. The van der Waals surface area contributed by atoms with E-state index in [1.807, 2.05) is 0 Å². The summed E-state index contributed by atoms with van der Waals surface area (Å²) in [6.07, 6.45) is 2.31. The van der Waals surface area contributed by atoms with Crippen molar-refractivity contribution in [2.75, 3.05) is 0 Å². The Morgan fingerprint density at radius 1 is 1.30 bits per heavy atom. The summed E-state index contributed by atoms with van der Waals surface area (Å²) in [5, 5.41) is 0. The van der Waals surface area contributed by atoms with Crippen LogP contribution in [-0.2, 0) is 0 Å². The van der Waals surface area contributed by atoms with Crippen LogP contribution in [0.5, 0.6) is 0 Å². The molecule has 1 aromatic heterocycles. The molecule has 0 radical (unpaired) electrons. The first-order valence-electron chi connectivity index (χ1n) is 2.29. The molecule has 0 bridgehead atoms. The van der Waals surface area contributed by atoms with E-state index in [0.29, 0.717) is 5.69 Å². The van der Waals surface area contributed by atoms with Crippen LogP contribution in [0.25, 0.3) is 0 Å². The molecule has 2 nitrogen and oxygen atoms in total. The summed E-state index contributed by atoms with van der Waals surface area (Å²) in [6.45, 7) is 0. The van der Waals surface area contributed by atoms with Crippen molar-refractivity contribution in [1.29, 1.82) is 0 Å². The van der Waals surface area contributed by atoms with Gasteiger partial charge in [0.15, 0.2) is 6.29 Å². The van der Waals surface area contributed by atoms with Crippen molar-refractivity contribution in [2.45, 2.75) is 0 Å². The van der Waals surface area contributed by atoms with Gasteiger partial charge >= 0.3 is 0 Å². The number of rotatable bonds is 1. The molecule has 0 saturated heterocycles. The van der Waals surface area contributed by atoms with Gasteiger partial charge in [0.2, 0.25) is 0 Å². The second kappa shape index (κ2) is 6.52. The topological polar surface area (TPSA) is 30.0 Å². The predicted molar refractivity (Wildman–Crippen MR) is 29.6 cm³/mol. The third-order valence-corrected chi connectivity index (χ3v) is 0.809. The lowest BCUT2D eigenvalue weighted by molar-refractivity contribution is -0.00100. The molecule has 1 aromatic rings. The van der Waals surface area contributed by atoms with Crippen LogP contribution >= 0.6 is 0 Å². The normalized spacial score (nSPS) is 6.80. The molecule has 10 heavy (non-hydrogen) atoms. The molecular weight excluding hydrogens is 173 g/mol. The highest BCUT2D eigenvalue weighted by atomic mass is 35.5. The monoisotopic (exact) mass is 177 g/mol. The average molecular weight is 178 g/mol. The lowest BCUT2D eigenvalue weighted by Gasteiger charge is -1.81. The van der Waals surface area contributed by atoms with Crippen molar-refractivity contribution in [2.24, 2.45) is 0 Å². The van der Waals surface area contributed by atoms with Gasteiger partial charge in [-0.3, -0.25) is 9.78 Å². The van der Waals surface area contributed by atoms with E-state index >= 15 is 0 Å². The fraction of sp³-hybridized carbons (Fsp3) is 0. The molecule has 0 aliphatic carbocycles. The van der Waals surface area contributed by atoms with Crippen molar-refractivity contribution in [3.05, 3.63) is 30.1 Å². The summed E-state index contributed by atoms with van der Waals surface area (Å²) in [6, 6.07) is 5.21. The quantitative estimate of drug-likeness (QED) is 0.403. The van der Waals surface area contributed by atoms with Gasteiger partial charge in [0.05, 0.1) is 0 Å². The largest absolute Gasteiger partial charge is 1.00 e. The van der Waals surface area contributed by atoms with E-state index in [9.17, 15) is 4.79 Å². The van der Waals surface area contributed by atoms with E-state index < -0.39 is 0 Å². The third-order valence-electron chi connectivity index (χ3n) is 0.809. The average Bonchev–Trinajstić information content (AvgIpc) is 1.90. The van der Waals surface area contributed by atoms with Gasteiger partial charge in [0, 0.05) is 6.20 Å². The molecular formula is C6H5Cl2NO-2. The van der Waals surface area contributed by atoms with E-state index in [2.05, 4.69) is 4.98 Å². The molecule has 0 aliphatic rings. The number of nitrogens with zero attached hydrogens (tertiary/aromatic N) is 1. The van der Waals surface area contributed by atoms with Crippen LogP contribution in [-0.4, -0.2) is 11.3 Å². The fourth-order valence-electron chi connectivity index (χ4n) is 0.446. The molecule has 0 unspecified atom stereocenters. The Labute approximate surface area is 71.5 Å². The molecule has 0 aliphatic heterocycles. The van der Waals surface area contributed by atoms with Crippen LogP contribution in [0.15, 0.2) is 24.4 Å². The second-order valence-electron chi connectivity index (χ2n) is 1.37. The first-order chi connectivity index (χ1) is 3.93. The van der Waals surface area contributed by atoms with Crippen LogP contribution in [0.3, 0.4) is 0 Å². The van der Waals surface area contributed by atoms with Gasteiger partial charge in [-0.25, -0.2) is 0 Å². The Kier molecular flexibility index (Phi) is 7.90. The Bertz CT molecular complexity index is 178. The molecule has 0 saturated carbocycles. The SMILES string of the molecule is O=Cc1ccccn1.[Cl-].[Cl-]. The van der Waals surface area contributed by atoms with Crippen LogP contribution in [0.1, 0.15) is 10.5 Å². The highest BCUT2D eigenvalue weighted by Crippen LogP contribution is 1.85. The van der Waals surface area contributed by atoms with Gasteiger partial charge < -0.3 is 24.8 Å². The number of aromatic nitrogens is 1. The number of carbonyl (C=O) groups excluding carboxylic acids is 1. The Morgan fingerprint density at radius 3 is 2.30 bits per heavy atom. The highest BCUT2D eigenvalue weighted by molar-refractivity contribution is 5.71. The minimum absolute atomic E-state index is 0. The minimum atomic E-state index is 0. The van der Waals surface area contributed by atoms with Crippen LogP contribution in [0.2, 0.25) is 0 Å². The molecule has 0 atom stereocenters. The first kappa shape index (κ1) is 12.1. The number of aldehydes is 1. The van der Waals surface area contributed by atoms with E-state index in [0.717, 1.165) is 6.29 Å². The lowest BCUT2D eigenvalue weighted by atomic mass is 10.4. The van der Waals surface area contributed by atoms with Gasteiger partial charge in [0.1, 0.15) is 5.69 Å². The van der Waals surface area contributed by atoms with Crippen molar-refractivity contribution < 1.29 is 29.6 Å². The summed E-state index contributed by atoms with van der Waals surface area (Å²) in [7, 11) is 0. The maximum absolute atomic E-state index is 9.94. The van der Waals surface area contributed by atoms with E-state index in [1.165, 1.54) is 0 Å². The van der Waals surface area contributed by atoms with E-state index in [-0.39, 0.29) is 24.8 Å². The minimum Gasteiger partial charge on any atom is -1.00 e. The van der Waals surface area contributed by atoms with Crippen molar-refractivity contribution in [3.8, 4) is 0 Å². The zero-order valence-electron chi connectivity index (χ0n) is 5.00. The van der Waals surface area contributed by atoms with Crippen LogP contribution < -0.4 is 24.8 Å². The molecule has 56 valence electrons. The number of hydrogen-bond acceptors (Lipinski definition) is 2. The van der Waals surface area contributed by atoms with E-state index in [1.54, 1.807) is 24.4 Å². The Balaban J connectivity index is 0. The number of carbonyl (C=O) groups is 1. The lowest BCUT2D eigenvalue weighted by Crippen LogP contribution is -3.00. The Hall–Kier alpha value is -0.600. The van der Waals surface area contributed by atoms with Crippen molar-refractivity contribution in [1.82, 2.24) is 4.98 Å². The Morgan fingerprint density at radius 2 is 2.00 bits per heavy atom. The zero-order valence-corrected chi connectivity index (χ0v) is 6.51. The smallest absolute Gasteiger partial charge is 0.168 e. The van der Waals surface area contributed by atoms with Crippen molar-refractivity contribution in [3.63, 3.8) is 0 Å². The number of hydrogen-bond donors (Lipinski definition) is 0.